The van der Waals surface area contributed by atoms with E-state index in [1.807, 2.05) is 7.05 Å². The highest BCUT2D eigenvalue weighted by atomic mass is 16.5. The molecule has 0 radical (unpaired) electrons. The summed E-state index contributed by atoms with van der Waals surface area (Å²) in [6.45, 7) is 1.25. The summed E-state index contributed by atoms with van der Waals surface area (Å²) in [5, 5.41) is 8.94. The van der Waals surface area contributed by atoms with Gasteiger partial charge in [-0.1, -0.05) is 0 Å². The number of fused-ring (bicyclic) bond motifs is 1. The fourth-order valence-electron chi connectivity index (χ4n) is 2.18. The van der Waals surface area contributed by atoms with Crippen LogP contribution in [-0.2, 0) is 0 Å². The van der Waals surface area contributed by atoms with Gasteiger partial charge in [-0.05, 0) is 37.6 Å². The van der Waals surface area contributed by atoms with Crippen molar-refractivity contribution in [1.29, 1.82) is 0 Å². The molecule has 5 nitrogen and oxygen atoms in total. The lowest BCUT2D eigenvalue weighted by atomic mass is 10.1. The molecule has 1 aliphatic rings. The van der Waals surface area contributed by atoms with E-state index in [1.54, 1.807) is 18.2 Å². The van der Waals surface area contributed by atoms with Crippen LogP contribution in [-0.4, -0.2) is 37.3 Å². The number of benzene rings is 1. The van der Waals surface area contributed by atoms with E-state index in [9.17, 15) is 4.79 Å². The second kappa shape index (κ2) is 5.27. The molecule has 1 unspecified atom stereocenters. The van der Waals surface area contributed by atoms with Crippen LogP contribution in [0.4, 0.5) is 5.69 Å². The molecule has 0 aromatic heterocycles. The Hall–Kier alpha value is -1.75. The van der Waals surface area contributed by atoms with Gasteiger partial charge in [-0.25, -0.2) is 4.79 Å². The van der Waals surface area contributed by atoms with Gasteiger partial charge in [0.2, 0.25) is 0 Å². The minimum Gasteiger partial charge on any atom is -0.489 e. The molecule has 0 aliphatic carbocycles. The van der Waals surface area contributed by atoms with Crippen LogP contribution in [0.5, 0.6) is 5.75 Å². The van der Waals surface area contributed by atoms with Crippen LogP contribution in [0.1, 0.15) is 23.2 Å². The van der Waals surface area contributed by atoms with Gasteiger partial charge in [0.1, 0.15) is 12.4 Å². The van der Waals surface area contributed by atoms with E-state index in [0.29, 0.717) is 24.9 Å². The van der Waals surface area contributed by atoms with Gasteiger partial charge in [0.25, 0.3) is 0 Å². The zero-order valence-electron chi connectivity index (χ0n) is 10.4. The van der Waals surface area contributed by atoms with Gasteiger partial charge in [-0.15, -0.1) is 0 Å². The zero-order valence-corrected chi connectivity index (χ0v) is 10.4. The third-order valence-electron chi connectivity index (χ3n) is 3.31. The van der Waals surface area contributed by atoms with Gasteiger partial charge < -0.3 is 20.5 Å². The van der Waals surface area contributed by atoms with Crippen molar-refractivity contribution in [3.63, 3.8) is 0 Å². The molecule has 5 heteroatoms. The predicted molar refractivity (Wildman–Crippen MR) is 69.4 cm³/mol. The first-order valence-corrected chi connectivity index (χ1v) is 6.06. The summed E-state index contributed by atoms with van der Waals surface area (Å²) >= 11 is 0. The van der Waals surface area contributed by atoms with Gasteiger partial charge in [0.15, 0.2) is 0 Å². The topological polar surface area (TPSA) is 75.8 Å². The quantitative estimate of drug-likeness (QED) is 0.843. The van der Waals surface area contributed by atoms with E-state index < -0.39 is 5.97 Å². The van der Waals surface area contributed by atoms with E-state index in [-0.39, 0.29) is 5.56 Å². The second-order valence-electron chi connectivity index (χ2n) is 4.49. The molecular formula is C13H18N2O3. The van der Waals surface area contributed by atoms with Gasteiger partial charge in [0.05, 0.1) is 17.3 Å². The van der Waals surface area contributed by atoms with Gasteiger partial charge in [-0.3, -0.25) is 0 Å². The first-order valence-electron chi connectivity index (χ1n) is 6.06. The third kappa shape index (κ3) is 2.41. The van der Waals surface area contributed by atoms with Crippen LogP contribution in [0.2, 0.25) is 0 Å². The molecule has 0 saturated heterocycles. The maximum Gasteiger partial charge on any atom is 0.335 e. The van der Waals surface area contributed by atoms with E-state index in [2.05, 4.69) is 4.90 Å². The number of carboxylic acids is 1. The van der Waals surface area contributed by atoms with Gasteiger partial charge in [0, 0.05) is 7.05 Å². The van der Waals surface area contributed by atoms with Crippen molar-refractivity contribution in [3.8, 4) is 5.75 Å². The van der Waals surface area contributed by atoms with Gasteiger partial charge >= 0.3 is 5.97 Å². The Morgan fingerprint density at radius 1 is 1.61 bits per heavy atom. The number of nitrogens with zero attached hydrogens (tertiary/aromatic N) is 1. The van der Waals surface area contributed by atoms with E-state index in [4.69, 9.17) is 15.6 Å². The Labute approximate surface area is 106 Å². The van der Waals surface area contributed by atoms with Crippen molar-refractivity contribution in [3.05, 3.63) is 23.8 Å². The number of hydrogen-bond acceptors (Lipinski definition) is 4. The third-order valence-corrected chi connectivity index (χ3v) is 3.31. The number of carbonyl (C=O) groups is 1. The van der Waals surface area contributed by atoms with E-state index in [0.717, 1.165) is 18.5 Å². The summed E-state index contributed by atoms with van der Waals surface area (Å²) in [4.78, 5) is 13.0. The van der Waals surface area contributed by atoms with Crippen LogP contribution < -0.4 is 15.4 Å². The molecule has 0 spiro atoms. The summed E-state index contributed by atoms with van der Waals surface area (Å²) in [5.74, 6) is -0.296. The van der Waals surface area contributed by atoms with Crippen LogP contribution in [0.25, 0.3) is 0 Å². The van der Waals surface area contributed by atoms with Crippen molar-refractivity contribution < 1.29 is 14.6 Å². The lowest BCUT2D eigenvalue weighted by Crippen LogP contribution is -2.40. The van der Waals surface area contributed by atoms with Crippen molar-refractivity contribution in [2.75, 3.05) is 25.1 Å². The van der Waals surface area contributed by atoms with Crippen molar-refractivity contribution >= 4 is 11.7 Å². The molecular weight excluding hydrogens is 232 g/mol. The van der Waals surface area contributed by atoms with Gasteiger partial charge in [-0.2, -0.15) is 0 Å². The molecule has 1 heterocycles. The van der Waals surface area contributed by atoms with Crippen LogP contribution in [0.3, 0.4) is 0 Å². The number of anilines is 1. The maximum atomic E-state index is 10.9. The molecule has 2 rings (SSSR count). The monoisotopic (exact) mass is 250 g/mol. The average molecular weight is 250 g/mol. The van der Waals surface area contributed by atoms with Crippen LogP contribution in [0, 0.1) is 0 Å². The fourth-order valence-corrected chi connectivity index (χ4v) is 2.18. The Balaban J connectivity index is 2.20. The second-order valence-corrected chi connectivity index (χ2v) is 4.49. The lowest BCUT2D eigenvalue weighted by Gasteiger charge is -2.36. The molecule has 1 aromatic carbocycles. The number of nitrogens with two attached hydrogens (primary N) is 1. The fraction of sp³-hybridized carbons (Fsp3) is 0.462. The average Bonchev–Trinajstić information content (AvgIpc) is 2.37. The highest BCUT2D eigenvalue weighted by molar-refractivity contribution is 5.89. The molecule has 18 heavy (non-hydrogen) atoms. The Morgan fingerprint density at radius 2 is 2.39 bits per heavy atom. The molecule has 1 aromatic rings. The van der Waals surface area contributed by atoms with E-state index in [1.165, 1.54) is 0 Å². The van der Waals surface area contributed by atoms with Crippen LogP contribution in [0.15, 0.2) is 18.2 Å². The Morgan fingerprint density at radius 3 is 3.06 bits per heavy atom. The number of ether oxygens (including phenoxy) is 1. The highest BCUT2D eigenvalue weighted by Crippen LogP contribution is 2.34. The first kappa shape index (κ1) is 12.7. The number of hydrogen-bond donors (Lipinski definition) is 2. The largest absolute Gasteiger partial charge is 0.489 e. The Kier molecular flexibility index (Phi) is 3.72. The summed E-state index contributed by atoms with van der Waals surface area (Å²) in [5.41, 5.74) is 6.70. The summed E-state index contributed by atoms with van der Waals surface area (Å²) in [6, 6.07) is 5.28. The molecule has 0 amide bonds. The molecule has 0 saturated carbocycles. The van der Waals surface area contributed by atoms with E-state index >= 15 is 0 Å². The van der Waals surface area contributed by atoms with Crippen molar-refractivity contribution in [2.24, 2.45) is 5.73 Å². The molecule has 1 aliphatic heterocycles. The first-order chi connectivity index (χ1) is 8.63. The highest BCUT2D eigenvalue weighted by Gasteiger charge is 2.24. The smallest absolute Gasteiger partial charge is 0.335 e. The molecule has 0 fully saturated rings. The zero-order chi connectivity index (χ0) is 13.1. The number of carboxylic acid groups (broad SMARTS) is 1. The Bertz CT molecular complexity index is 448. The lowest BCUT2D eigenvalue weighted by molar-refractivity contribution is 0.0696. The van der Waals surface area contributed by atoms with Crippen LogP contribution >= 0.6 is 0 Å². The molecule has 3 N–H and O–H groups in total. The molecule has 1 atom stereocenters. The maximum absolute atomic E-state index is 10.9. The summed E-state index contributed by atoms with van der Waals surface area (Å²) in [6.07, 6.45) is 1.94. The minimum absolute atomic E-state index is 0.252. The SMILES string of the molecule is CN1c2ccc(C(=O)O)cc2OCC1CCCN. The summed E-state index contributed by atoms with van der Waals surface area (Å²) < 4.78 is 5.65. The number of rotatable bonds is 4. The van der Waals surface area contributed by atoms with Crippen molar-refractivity contribution in [2.45, 2.75) is 18.9 Å². The number of likely N-dealkylation sites (N-methyl/N-ethyl adjacent to an activating group) is 1. The predicted octanol–water partition coefficient (Wildman–Crippen LogP) is 1.32. The normalized spacial score (nSPS) is 18.1. The number of aromatic carboxylic acids is 1. The molecule has 0 bridgehead atoms. The van der Waals surface area contributed by atoms with Crippen molar-refractivity contribution in [1.82, 2.24) is 0 Å². The summed E-state index contributed by atoms with van der Waals surface area (Å²) in [7, 11) is 2.00. The molecule has 98 valence electrons. The minimum atomic E-state index is -0.936. The standard InChI is InChI=1S/C13H18N2O3/c1-15-10(3-2-6-14)8-18-12-7-9(13(16)17)4-5-11(12)15/h4-5,7,10H,2-3,6,8,14H2,1H3,(H,16,17).